The van der Waals surface area contributed by atoms with Crippen molar-refractivity contribution in [1.29, 1.82) is 0 Å². The van der Waals surface area contributed by atoms with Crippen LogP contribution in [0.2, 0.25) is 5.02 Å². The third kappa shape index (κ3) is 4.84. The Balaban J connectivity index is 2.10. The molecular weight excluding hydrogens is 466 g/mol. The van der Waals surface area contributed by atoms with Gasteiger partial charge in [-0.2, -0.15) is 0 Å². The molecule has 3 aromatic rings. The fraction of sp³-hybridized carbons (Fsp3) is 0.211. The second-order valence-corrected chi connectivity index (χ2v) is 12.0. The van der Waals surface area contributed by atoms with E-state index in [0.717, 1.165) is 11.3 Å². The van der Waals surface area contributed by atoms with Crippen molar-refractivity contribution in [2.45, 2.75) is 19.2 Å². The molecule has 160 valence electrons. The molecule has 0 saturated heterocycles. The van der Waals surface area contributed by atoms with Gasteiger partial charge in [0.2, 0.25) is 24.0 Å². The molecule has 1 heterocycles. The number of sulfone groups is 2. The highest BCUT2D eigenvalue weighted by atomic mass is 35.5. The summed E-state index contributed by atoms with van der Waals surface area (Å²) in [6, 6.07) is 13.4. The fourth-order valence-electron chi connectivity index (χ4n) is 2.52. The van der Waals surface area contributed by atoms with E-state index < -0.39 is 19.7 Å². The molecule has 0 amide bonds. The molecule has 0 saturated carbocycles. The molecule has 0 fully saturated rings. The number of likely N-dealkylation sites (N-methyl/N-ethyl adjacent to an activating group) is 1. The second kappa shape index (κ2) is 9.03. The van der Waals surface area contributed by atoms with Gasteiger partial charge in [0, 0.05) is 18.1 Å². The lowest BCUT2D eigenvalue weighted by Gasteiger charge is -2.11. The van der Waals surface area contributed by atoms with Crippen LogP contribution < -0.4 is 5.32 Å². The van der Waals surface area contributed by atoms with Crippen LogP contribution >= 0.6 is 22.9 Å². The standard InChI is InChI=1S/C19H20ClN3O4S3/c1-23(2)13-12-21-17-18(29(24,25)16-10-8-14(20)9-11-16)22-19(28-17)30(26,27)15-6-4-3-5-7-15/h3-11,21H,12-13H2,1-2H3. The number of rotatable bonds is 8. The largest absolute Gasteiger partial charge is 0.373 e. The molecule has 0 radical (unpaired) electrons. The zero-order chi connectivity index (χ0) is 21.9. The molecule has 11 heteroatoms. The Hall–Kier alpha value is -1.98. The molecule has 0 aliphatic heterocycles. The van der Waals surface area contributed by atoms with Crippen molar-refractivity contribution in [2.24, 2.45) is 0 Å². The first-order chi connectivity index (χ1) is 14.1. The minimum absolute atomic E-state index is 0.0171. The Labute approximate surface area is 185 Å². The van der Waals surface area contributed by atoms with Gasteiger partial charge in [-0.05, 0) is 50.5 Å². The predicted molar refractivity (Wildman–Crippen MR) is 118 cm³/mol. The van der Waals surface area contributed by atoms with E-state index in [9.17, 15) is 16.8 Å². The molecule has 1 aromatic heterocycles. The highest BCUT2D eigenvalue weighted by Gasteiger charge is 2.31. The Kier molecular flexibility index (Phi) is 6.83. The van der Waals surface area contributed by atoms with Crippen LogP contribution in [0, 0.1) is 0 Å². The SMILES string of the molecule is CN(C)CCNc1sc(S(=O)(=O)c2ccccc2)nc1S(=O)(=O)c1ccc(Cl)cc1. The van der Waals surface area contributed by atoms with Gasteiger partial charge in [-0.25, -0.2) is 21.8 Å². The minimum Gasteiger partial charge on any atom is -0.373 e. The number of halogens is 1. The van der Waals surface area contributed by atoms with Crippen molar-refractivity contribution < 1.29 is 16.8 Å². The van der Waals surface area contributed by atoms with Crippen molar-refractivity contribution in [3.63, 3.8) is 0 Å². The van der Waals surface area contributed by atoms with Gasteiger partial charge in [-0.1, -0.05) is 41.1 Å². The smallest absolute Gasteiger partial charge is 0.233 e. The summed E-state index contributed by atoms with van der Waals surface area (Å²) in [7, 11) is -4.26. The highest BCUT2D eigenvalue weighted by molar-refractivity contribution is 7.94. The van der Waals surface area contributed by atoms with Crippen LogP contribution in [0.15, 0.2) is 73.8 Å². The maximum Gasteiger partial charge on any atom is 0.233 e. The molecule has 0 atom stereocenters. The maximum atomic E-state index is 13.2. The lowest BCUT2D eigenvalue weighted by atomic mass is 10.4. The summed E-state index contributed by atoms with van der Waals surface area (Å²) in [5.74, 6) is 0. The zero-order valence-electron chi connectivity index (χ0n) is 16.2. The van der Waals surface area contributed by atoms with Crippen molar-refractivity contribution >= 4 is 47.6 Å². The molecule has 30 heavy (non-hydrogen) atoms. The van der Waals surface area contributed by atoms with Gasteiger partial charge in [0.05, 0.1) is 9.79 Å². The van der Waals surface area contributed by atoms with E-state index in [1.807, 2.05) is 19.0 Å². The zero-order valence-corrected chi connectivity index (χ0v) is 19.4. The summed E-state index contributed by atoms with van der Waals surface area (Å²) >= 11 is 6.67. The van der Waals surface area contributed by atoms with E-state index >= 15 is 0 Å². The molecule has 0 unspecified atom stereocenters. The summed E-state index contributed by atoms with van der Waals surface area (Å²) in [6.45, 7) is 1.04. The normalized spacial score (nSPS) is 12.3. The first-order valence-electron chi connectivity index (χ1n) is 8.82. The Morgan fingerprint density at radius 2 is 1.53 bits per heavy atom. The lowest BCUT2D eigenvalue weighted by Crippen LogP contribution is -2.21. The summed E-state index contributed by atoms with van der Waals surface area (Å²) in [5.41, 5.74) is 0. The summed E-state index contributed by atoms with van der Waals surface area (Å²) in [4.78, 5) is 6.01. The van der Waals surface area contributed by atoms with Crippen molar-refractivity contribution in [2.75, 3.05) is 32.5 Å². The molecule has 0 spiro atoms. The molecule has 0 bridgehead atoms. The van der Waals surface area contributed by atoms with E-state index in [-0.39, 0.29) is 24.2 Å². The van der Waals surface area contributed by atoms with Crippen LogP contribution in [-0.4, -0.2) is 53.9 Å². The molecule has 0 aliphatic carbocycles. The van der Waals surface area contributed by atoms with Gasteiger partial charge in [0.1, 0.15) is 5.00 Å². The summed E-state index contributed by atoms with van der Waals surface area (Å²) in [5, 5.41) is 3.28. The minimum atomic E-state index is -4.06. The number of anilines is 1. The quantitative estimate of drug-likeness (QED) is 0.522. The average molecular weight is 486 g/mol. The number of aromatic nitrogens is 1. The second-order valence-electron chi connectivity index (χ2n) is 6.62. The number of thiazole rings is 1. The van der Waals surface area contributed by atoms with Gasteiger partial charge in [-0.15, -0.1) is 0 Å². The summed E-state index contributed by atoms with van der Waals surface area (Å²) in [6.07, 6.45) is 0. The highest BCUT2D eigenvalue weighted by Crippen LogP contribution is 2.36. The maximum absolute atomic E-state index is 13.2. The van der Waals surface area contributed by atoms with Crippen LogP contribution in [0.3, 0.4) is 0 Å². The monoisotopic (exact) mass is 485 g/mol. The Morgan fingerprint density at radius 1 is 0.933 bits per heavy atom. The fourth-order valence-corrected chi connectivity index (χ4v) is 6.98. The number of hydrogen-bond acceptors (Lipinski definition) is 8. The molecular formula is C19H20ClN3O4S3. The van der Waals surface area contributed by atoms with Crippen LogP contribution in [0.5, 0.6) is 0 Å². The van der Waals surface area contributed by atoms with Gasteiger partial charge in [-0.3, -0.25) is 0 Å². The predicted octanol–water partition coefficient (Wildman–Crippen LogP) is 3.44. The number of nitrogens with one attached hydrogen (secondary N) is 1. The van der Waals surface area contributed by atoms with Gasteiger partial charge in [0.15, 0.2) is 5.03 Å². The number of hydrogen-bond donors (Lipinski definition) is 1. The van der Waals surface area contributed by atoms with Gasteiger partial charge < -0.3 is 10.2 Å². The Bertz CT molecular complexity index is 1220. The van der Waals surface area contributed by atoms with Crippen LogP contribution in [0.25, 0.3) is 0 Å². The van der Waals surface area contributed by atoms with Crippen LogP contribution in [0.1, 0.15) is 0 Å². The molecule has 7 nitrogen and oxygen atoms in total. The van der Waals surface area contributed by atoms with Gasteiger partial charge in [0.25, 0.3) is 0 Å². The third-order valence-electron chi connectivity index (χ3n) is 4.08. The van der Waals surface area contributed by atoms with E-state index in [1.165, 1.54) is 36.4 Å². The van der Waals surface area contributed by atoms with Crippen LogP contribution in [-0.2, 0) is 19.7 Å². The van der Waals surface area contributed by atoms with Crippen molar-refractivity contribution in [3.8, 4) is 0 Å². The molecule has 1 N–H and O–H groups in total. The average Bonchev–Trinajstić information content (AvgIpc) is 3.15. The van der Waals surface area contributed by atoms with E-state index in [1.54, 1.807) is 18.2 Å². The molecule has 3 rings (SSSR count). The first-order valence-corrected chi connectivity index (χ1v) is 13.0. The Morgan fingerprint density at radius 3 is 2.13 bits per heavy atom. The van der Waals surface area contributed by atoms with Crippen molar-refractivity contribution in [3.05, 3.63) is 59.6 Å². The van der Waals surface area contributed by atoms with Crippen LogP contribution in [0.4, 0.5) is 5.00 Å². The molecule has 0 aliphatic rings. The van der Waals surface area contributed by atoms with E-state index in [2.05, 4.69) is 10.3 Å². The topological polar surface area (TPSA) is 96.4 Å². The van der Waals surface area contributed by atoms with Crippen molar-refractivity contribution in [1.82, 2.24) is 9.88 Å². The third-order valence-corrected chi connectivity index (χ3v) is 9.32. The number of nitrogens with zero attached hydrogens (tertiary/aromatic N) is 2. The summed E-state index contributed by atoms with van der Waals surface area (Å²) < 4.78 is 52.1. The molecule has 2 aromatic carbocycles. The lowest BCUT2D eigenvalue weighted by molar-refractivity contribution is 0.425. The first kappa shape index (κ1) is 22.7. The van der Waals surface area contributed by atoms with E-state index in [0.29, 0.717) is 18.1 Å². The van der Waals surface area contributed by atoms with Gasteiger partial charge >= 0.3 is 0 Å². The number of benzene rings is 2. The van der Waals surface area contributed by atoms with E-state index in [4.69, 9.17) is 11.6 Å².